The summed E-state index contributed by atoms with van der Waals surface area (Å²) in [6.45, 7) is 5.58. The number of likely N-dealkylation sites (N-methyl/N-ethyl adjacent to an activating group) is 1. The van der Waals surface area contributed by atoms with Crippen LogP contribution in [0.2, 0.25) is 0 Å². The molecule has 2 aliphatic rings. The van der Waals surface area contributed by atoms with Crippen molar-refractivity contribution in [1.29, 1.82) is 0 Å². The van der Waals surface area contributed by atoms with Crippen LogP contribution in [0, 0.1) is 5.92 Å². The molecule has 0 bridgehead atoms. The van der Waals surface area contributed by atoms with Crippen LogP contribution in [0.5, 0.6) is 0 Å². The van der Waals surface area contributed by atoms with Crippen LogP contribution in [0.4, 0.5) is 0 Å². The summed E-state index contributed by atoms with van der Waals surface area (Å²) < 4.78 is 5.26. The molecule has 1 N–H and O–H groups in total. The molecule has 0 aromatic heterocycles. The quantitative estimate of drug-likeness (QED) is 0.765. The van der Waals surface area contributed by atoms with Crippen LogP contribution in [0.15, 0.2) is 0 Å². The van der Waals surface area contributed by atoms with Crippen molar-refractivity contribution in [1.82, 2.24) is 9.80 Å². The summed E-state index contributed by atoms with van der Waals surface area (Å²) in [5, 5.41) is 9.28. The standard InChI is InChI=1S/C13H24N2O3/c1-10(13(17)15-3-5-18-6-4-15)14(2)9-11-7-12(16)8-11/h10-12,16H,3-9H2,1-2H3. The number of carbonyl (C=O) groups is 1. The Kier molecular flexibility index (Phi) is 4.59. The van der Waals surface area contributed by atoms with Gasteiger partial charge in [0.1, 0.15) is 0 Å². The normalized spacial score (nSPS) is 30.1. The van der Waals surface area contributed by atoms with E-state index in [1.807, 2.05) is 18.9 Å². The molecule has 1 aliphatic carbocycles. The smallest absolute Gasteiger partial charge is 0.239 e. The molecule has 2 rings (SSSR count). The second-order valence-electron chi connectivity index (χ2n) is 5.54. The maximum absolute atomic E-state index is 12.3. The predicted octanol–water partition coefficient (Wildman–Crippen LogP) is -0.0636. The third-order valence-corrected chi connectivity index (χ3v) is 4.10. The fourth-order valence-corrected chi connectivity index (χ4v) is 2.65. The molecule has 1 atom stereocenters. The molecule has 0 spiro atoms. The van der Waals surface area contributed by atoms with Crippen LogP contribution < -0.4 is 0 Å². The summed E-state index contributed by atoms with van der Waals surface area (Å²) >= 11 is 0. The van der Waals surface area contributed by atoms with Crippen molar-refractivity contribution in [3.05, 3.63) is 0 Å². The van der Waals surface area contributed by atoms with Crippen molar-refractivity contribution in [3.8, 4) is 0 Å². The first-order valence-electron chi connectivity index (χ1n) is 6.82. The molecule has 1 heterocycles. The van der Waals surface area contributed by atoms with E-state index < -0.39 is 0 Å². The molecule has 18 heavy (non-hydrogen) atoms. The lowest BCUT2D eigenvalue weighted by Gasteiger charge is -2.38. The third kappa shape index (κ3) is 3.22. The number of carbonyl (C=O) groups excluding carboxylic acids is 1. The van der Waals surface area contributed by atoms with Crippen molar-refractivity contribution < 1.29 is 14.6 Å². The number of hydrogen-bond acceptors (Lipinski definition) is 4. The molecule has 104 valence electrons. The van der Waals surface area contributed by atoms with E-state index in [0.717, 1.165) is 19.4 Å². The summed E-state index contributed by atoms with van der Waals surface area (Å²) in [5.41, 5.74) is 0. The summed E-state index contributed by atoms with van der Waals surface area (Å²) in [5.74, 6) is 0.741. The molecular weight excluding hydrogens is 232 g/mol. The minimum Gasteiger partial charge on any atom is -0.393 e. The number of hydrogen-bond donors (Lipinski definition) is 1. The molecule has 1 saturated heterocycles. The monoisotopic (exact) mass is 256 g/mol. The molecule has 5 nitrogen and oxygen atoms in total. The lowest BCUT2D eigenvalue weighted by molar-refractivity contribution is -0.140. The van der Waals surface area contributed by atoms with Gasteiger partial charge in [-0.1, -0.05) is 0 Å². The van der Waals surface area contributed by atoms with Crippen molar-refractivity contribution >= 4 is 5.91 Å². The molecule has 0 aromatic carbocycles. The van der Waals surface area contributed by atoms with Gasteiger partial charge < -0.3 is 14.7 Å². The molecule has 2 fully saturated rings. The Bertz CT molecular complexity index is 286. The van der Waals surface area contributed by atoms with Crippen molar-refractivity contribution in [3.63, 3.8) is 0 Å². The zero-order valence-corrected chi connectivity index (χ0v) is 11.3. The minimum absolute atomic E-state index is 0.0826. The Labute approximate surface area is 109 Å². The van der Waals surface area contributed by atoms with Gasteiger partial charge in [0.25, 0.3) is 0 Å². The van der Waals surface area contributed by atoms with Crippen molar-refractivity contribution in [2.24, 2.45) is 5.92 Å². The van der Waals surface area contributed by atoms with Crippen LogP contribution in [0.25, 0.3) is 0 Å². The molecule has 1 saturated carbocycles. The van der Waals surface area contributed by atoms with Gasteiger partial charge in [0.2, 0.25) is 5.91 Å². The van der Waals surface area contributed by atoms with Crippen LogP contribution in [-0.2, 0) is 9.53 Å². The van der Waals surface area contributed by atoms with Crippen molar-refractivity contribution in [2.45, 2.75) is 31.9 Å². The van der Waals surface area contributed by atoms with Crippen molar-refractivity contribution in [2.75, 3.05) is 39.9 Å². The number of nitrogens with zero attached hydrogens (tertiary/aromatic N) is 2. The highest BCUT2D eigenvalue weighted by Crippen LogP contribution is 2.28. The zero-order valence-electron chi connectivity index (χ0n) is 11.3. The van der Waals surface area contributed by atoms with Gasteiger partial charge in [0.15, 0.2) is 0 Å². The molecule has 0 aromatic rings. The Balaban J connectivity index is 1.77. The Morgan fingerprint density at radius 1 is 1.44 bits per heavy atom. The first kappa shape index (κ1) is 13.8. The molecule has 0 radical (unpaired) electrons. The summed E-state index contributed by atoms with van der Waals surface area (Å²) in [7, 11) is 1.99. The lowest BCUT2D eigenvalue weighted by Crippen LogP contribution is -2.51. The Morgan fingerprint density at radius 3 is 2.61 bits per heavy atom. The predicted molar refractivity (Wildman–Crippen MR) is 68.2 cm³/mol. The highest BCUT2D eigenvalue weighted by Gasteiger charge is 2.31. The Hall–Kier alpha value is -0.650. The van der Waals surface area contributed by atoms with Gasteiger partial charge in [-0.25, -0.2) is 0 Å². The molecule has 1 aliphatic heterocycles. The summed E-state index contributed by atoms with van der Waals surface area (Å²) in [6.07, 6.45) is 1.64. The third-order valence-electron chi connectivity index (χ3n) is 4.10. The second kappa shape index (κ2) is 5.99. The van der Waals surface area contributed by atoms with Crippen LogP contribution in [0.1, 0.15) is 19.8 Å². The molecule has 5 heteroatoms. The number of amides is 1. The van der Waals surface area contributed by atoms with Gasteiger partial charge in [-0.2, -0.15) is 0 Å². The minimum atomic E-state index is -0.117. The van der Waals surface area contributed by atoms with Gasteiger partial charge in [0, 0.05) is 19.6 Å². The number of rotatable bonds is 4. The number of aliphatic hydroxyl groups is 1. The SMILES string of the molecule is CC(C(=O)N1CCOCC1)N(C)CC1CC(O)C1. The van der Waals surface area contributed by atoms with Crippen LogP contribution in [0.3, 0.4) is 0 Å². The van der Waals surface area contributed by atoms with E-state index >= 15 is 0 Å². The maximum Gasteiger partial charge on any atom is 0.239 e. The molecule has 1 unspecified atom stereocenters. The lowest BCUT2D eigenvalue weighted by atomic mass is 9.82. The summed E-state index contributed by atoms with van der Waals surface area (Å²) in [6, 6.07) is -0.0826. The second-order valence-corrected chi connectivity index (χ2v) is 5.54. The van der Waals surface area contributed by atoms with Gasteiger partial charge in [-0.3, -0.25) is 9.69 Å². The van der Waals surface area contributed by atoms with E-state index in [1.165, 1.54) is 0 Å². The maximum atomic E-state index is 12.3. The largest absolute Gasteiger partial charge is 0.393 e. The number of aliphatic hydroxyl groups excluding tert-OH is 1. The fraction of sp³-hybridized carbons (Fsp3) is 0.923. The van der Waals surface area contributed by atoms with E-state index in [2.05, 4.69) is 4.90 Å². The van der Waals surface area contributed by atoms with E-state index in [-0.39, 0.29) is 18.1 Å². The van der Waals surface area contributed by atoms with E-state index in [0.29, 0.717) is 32.2 Å². The van der Waals surface area contributed by atoms with Gasteiger partial charge >= 0.3 is 0 Å². The zero-order chi connectivity index (χ0) is 13.1. The van der Waals surface area contributed by atoms with E-state index in [9.17, 15) is 9.90 Å². The van der Waals surface area contributed by atoms with Gasteiger partial charge in [-0.05, 0) is 32.7 Å². The highest BCUT2D eigenvalue weighted by molar-refractivity contribution is 5.81. The first-order valence-corrected chi connectivity index (χ1v) is 6.82. The highest BCUT2D eigenvalue weighted by atomic mass is 16.5. The van der Waals surface area contributed by atoms with E-state index in [4.69, 9.17) is 4.74 Å². The first-order chi connectivity index (χ1) is 8.58. The fourth-order valence-electron chi connectivity index (χ4n) is 2.65. The average molecular weight is 256 g/mol. The molecule has 1 amide bonds. The van der Waals surface area contributed by atoms with Gasteiger partial charge in [-0.15, -0.1) is 0 Å². The molecular formula is C13H24N2O3. The Morgan fingerprint density at radius 2 is 2.06 bits per heavy atom. The number of ether oxygens (including phenoxy) is 1. The number of morpholine rings is 1. The summed E-state index contributed by atoms with van der Waals surface area (Å²) in [4.78, 5) is 16.3. The van der Waals surface area contributed by atoms with Crippen LogP contribution >= 0.6 is 0 Å². The van der Waals surface area contributed by atoms with Gasteiger partial charge in [0.05, 0.1) is 25.4 Å². The van der Waals surface area contributed by atoms with E-state index in [1.54, 1.807) is 0 Å². The van der Waals surface area contributed by atoms with Crippen LogP contribution in [-0.4, -0.2) is 72.9 Å². The average Bonchev–Trinajstić information content (AvgIpc) is 2.36. The topological polar surface area (TPSA) is 53.0 Å².